The fraction of sp³-hybridized carbons (Fsp3) is 0.200. The summed E-state index contributed by atoms with van der Waals surface area (Å²) in [7, 11) is 0. The van der Waals surface area contributed by atoms with Crippen LogP contribution in [0.1, 0.15) is 23.0 Å². The van der Waals surface area contributed by atoms with Crippen LogP contribution in [0.15, 0.2) is 40.0 Å². The second kappa shape index (κ2) is 4.83. The van der Waals surface area contributed by atoms with Gasteiger partial charge in [0.2, 0.25) is 0 Å². The van der Waals surface area contributed by atoms with Crippen LogP contribution >= 0.6 is 11.8 Å². The van der Waals surface area contributed by atoms with E-state index >= 15 is 0 Å². The normalized spacial score (nSPS) is 12.7. The van der Waals surface area contributed by atoms with E-state index in [1.807, 2.05) is 31.2 Å². The number of aromatic carboxylic acids is 1. The van der Waals surface area contributed by atoms with Crippen LogP contribution in [0.25, 0.3) is 11.3 Å². The van der Waals surface area contributed by atoms with Crippen LogP contribution in [-0.2, 0) is 12.3 Å². The average molecular weight is 287 g/mol. The van der Waals surface area contributed by atoms with E-state index in [4.69, 9.17) is 0 Å². The molecule has 0 amide bonds. The number of carbonyl (C=O) groups is 1. The zero-order valence-corrected chi connectivity index (χ0v) is 11.7. The quantitative estimate of drug-likeness (QED) is 0.922. The summed E-state index contributed by atoms with van der Waals surface area (Å²) < 4.78 is 1.72. The smallest absolute Gasteiger partial charge is 0.352 e. The Bertz CT molecular complexity index is 764. The van der Waals surface area contributed by atoms with E-state index in [1.54, 1.807) is 16.3 Å². The highest BCUT2D eigenvalue weighted by Gasteiger charge is 2.24. The van der Waals surface area contributed by atoms with Gasteiger partial charge in [-0.3, -0.25) is 4.79 Å². The lowest BCUT2D eigenvalue weighted by atomic mass is 10.0. The van der Waals surface area contributed by atoms with Crippen LogP contribution in [0.5, 0.6) is 0 Å². The average Bonchev–Trinajstić information content (AvgIpc) is 2.46. The van der Waals surface area contributed by atoms with Gasteiger partial charge in [0.05, 0.1) is 5.69 Å². The Morgan fingerprint density at radius 1 is 1.40 bits per heavy atom. The highest BCUT2D eigenvalue weighted by Crippen LogP contribution is 2.40. The van der Waals surface area contributed by atoms with Crippen molar-refractivity contribution < 1.29 is 9.90 Å². The first-order valence-corrected chi connectivity index (χ1v) is 7.34. The minimum absolute atomic E-state index is 0.0537. The second-order valence-corrected chi connectivity index (χ2v) is 5.57. The molecule has 2 aromatic rings. The molecule has 0 aliphatic carbocycles. The second-order valence-electron chi connectivity index (χ2n) is 4.56. The minimum atomic E-state index is -1.07. The number of carboxylic acids is 1. The Balaban J connectivity index is 2.42. The third-order valence-corrected chi connectivity index (χ3v) is 4.56. The number of nitrogens with zero attached hydrogens (tertiary/aromatic N) is 1. The van der Waals surface area contributed by atoms with E-state index in [0.717, 1.165) is 16.2 Å². The molecule has 1 aliphatic rings. The number of hydrogen-bond donors (Lipinski definition) is 1. The SMILES string of the molecule is CCn1c(C(=O)O)cc(=O)c2c1-c1ccccc1SC2. The Morgan fingerprint density at radius 2 is 2.15 bits per heavy atom. The van der Waals surface area contributed by atoms with Crippen molar-refractivity contribution in [1.82, 2.24) is 4.57 Å². The van der Waals surface area contributed by atoms with E-state index in [9.17, 15) is 14.7 Å². The highest BCUT2D eigenvalue weighted by molar-refractivity contribution is 7.98. The molecule has 20 heavy (non-hydrogen) atoms. The Kier molecular flexibility index (Phi) is 3.14. The molecule has 0 saturated carbocycles. The maximum absolute atomic E-state index is 12.2. The molecule has 0 bridgehead atoms. The van der Waals surface area contributed by atoms with E-state index in [2.05, 4.69) is 0 Å². The molecule has 4 nitrogen and oxygen atoms in total. The minimum Gasteiger partial charge on any atom is -0.477 e. The van der Waals surface area contributed by atoms with E-state index < -0.39 is 5.97 Å². The number of benzene rings is 1. The van der Waals surface area contributed by atoms with Crippen molar-refractivity contribution in [3.63, 3.8) is 0 Å². The third kappa shape index (κ3) is 1.86. The van der Waals surface area contributed by atoms with Gasteiger partial charge in [0.25, 0.3) is 0 Å². The van der Waals surface area contributed by atoms with Crippen LogP contribution in [0, 0.1) is 0 Å². The summed E-state index contributed by atoms with van der Waals surface area (Å²) >= 11 is 1.62. The van der Waals surface area contributed by atoms with E-state index in [0.29, 0.717) is 17.9 Å². The molecular formula is C15H13NO3S. The van der Waals surface area contributed by atoms with Crippen molar-refractivity contribution in [1.29, 1.82) is 0 Å². The lowest BCUT2D eigenvalue weighted by Gasteiger charge is -2.24. The van der Waals surface area contributed by atoms with Crippen LogP contribution in [0.2, 0.25) is 0 Å². The number of carboxylic acid groups (broad SMARTS) is 1. The third-order valence-electron chi connectivity index (χ3n) is 3.46. The summed E-state index contributed by atoms with van der Waals surface area (Å²) in [5.74, 6) is -0.479. The molecule has 0 unspecified atom stereocenters. The summed E-state index contributed by atoms with van der Waals surface area (Å²) in [6, 6.07) is 9.04. The first-order chi connectivity index (χ1) is 9.63. The molecule has 0 radical (unpaired) electrons. The first-order valence-electron chi connectivity index (χ1n) is 6.35. The first kappa shape index (κ1) is 13.0. The van der Waals surface area contributed by atoms with Crippen LogP contribution in [0.3, 0.4) is 0 Å². The fourth-order valence-electron chi connectivity index (χ4n) is 2.58. The number of hydrogen-bond acceptors (Lipinski definition) is 3. The van der Waals surface area contributed by atoms with Crippen molar-refractivity contribution in [2.45, 2.75) is 24.1 Å². The molecular weight excluding hydrogens is 274 g/mol. The molecule has 2 heterocycles. The number of pyridine rings is 1. The zero-order valence-electron chi connectivity index (χ0n) is 10.9. The van der Waals surface area contributed by atoms with Gasteiger partial charge >= 0.3 is 5.97 Å². The largest absolute Gasteiger partial charge is 0.477 e. The summed E-state index contributed by atoms with van der Waals surface area (Å²) in [6.45, 7) is 2.41. The van der Waals surface area contributed by atoms with Gasteiger partial charge in [-0.15, -0.1) is 11.8 Å². The fourth-order valence-corrected chi connectivity index (χ4v) is 3.65. The Labute approximate surface area is 120 Å². The van der Waals surface area contributed by atoms with E-state index in [1.165, 1.54) is 6.07 Å². The summed E-state index contributed by atoms with van der Waals surface area (Å²) in [6.07, 6.45) is 0. The lowest BCUT2D eigenvalue weighted by Crippen LogP contribution is -2.23. The van der Waals surface area contributed by atoms with Gasteiger partial charge in [-0.2, -0.15) is 0 Å². The standard InChI is InChI=1S/C15H13NO3S/c1-2-16-11(15(18)19)7-12(17)10-8-20-13-6-4-3-5-9(13)14(10)16/h3-7H,2,8H2,1H3,(H,18,19). The zero-order chi connectivity index (χ0) is 14.3. The number of thioether (sulfide) groups is 1. The number of aromatic nitrogens is 1. The molecule has 1 aromatic carbocycles. The molecule has 1 N–H and O–H groups in total. The van der Waals surface area contributed by atoms with Crippen molar-refractivity contribution in [3.8, 4) is 11.3 Å². The Hall–Kier alpha value is -2.01. The molecule has 102 valence electrons. The van der Waals surface area contributed by atoms with Crippen LogP contribution < -0.4 is 5.43 Å². The van der Waals surface area contributed by atoms with Crippen molar-refractivity contribution in [2.24, 2.45) is 0 Å². The number of rotatable bonds is 2. The predicted molar refractivity (Wildman–Crippen MR) is 78.3 cm³/mol. The number of fused-ring (bicyclic) bond motifs is 3. The monoisotopic (exact) mass is 287 g/mol. The Morgan fingerprint density at radius 3 is 2.85 bits per heavy atom. The van der Waals surface area contributed by atoms with Crippen LogP contribution in [-0.4, -0.2) is 15.6 Å². The molecule has 0 spiro atoms. The van der Waals surface area contributed by atoms with Crippen molar-refractivity contribution in [3.05, 3.63) is 51.8 Å². The summed E-state index contributed by atoms with van der Waals surface area (Å²) in [4.78, 5) is 24.6. The molecule has 3 rings (SSSR count). The molecule has 1 aliphatic heterocycles. The van der Waals surface area contributed by atoms with Gasteiger partial charge in [-0.05, 0) is 13.0 Å². The van der Waals surface area contributed by atoms with Gasteiger partial charge in [0.1, 0.15) is 5.69 Å². The van der Waals surface area contributed by atoms with Crippen molar-refractivity contribution >= 4 is 17.7 Å². The van der Waals surface area contributed by atoms with Gasteiger partial charge < -0.3 is 9.67 Å². The summed E-state index contributed by atoms with van der Waals surface area (Å²) in [5.41, 5.74) is 2.26. The van der Waals surface area contributed by atoms with Crippen molar-refractivity contribution in [2.75, 3.05) is 0 Å². The van der Waals surface area contributed by atoms with Gasteiger partial charge in [-0.1, -0.05) is 18.2 Å². The molecule has 0 fully saturated rings. The topological polar surface area (TPSA) is 59.3 Å². The maximum Gasteiger partial charge on any atom is 0.352 e. The molecule has 0 atom stereocenters. The van der Waals surface area contributed by atoms with Gasteiger partial charge in [0.15, 0.2) is 5.43 Å². The van der Waals surface area contributed by atoms with Gasteiger partial charge in [-0.25, -0.2) is 4.79 Å². The maximum atomic E-state index is 12.2. The van der Waals surface area contributed by atoms with Gasteiger partial charge in [0, 0.05) is 34.4 Å². The van der Waals surface area contributed by atoms with Crippen LogP contribution in [0.4, 0.5) is 0 Å². The van der Waals surface area contributed by atoms with E-state index in [-0.39, 0.29) is 11.1 Å². The molecule has 5 heteroatoms. The predicted octanol–water partition coefficient (Wildman–Crippen LogP) is 2.84. The summed E-state index contributed by atoms with van der Waals surface area (Å²) in [5, 5.41) is 9.31. The molecule has 0 saturated heterocycles. The lowest BCUT2D eigenvalue weighted by molar-refractivity contribution is 0.0684. The molecule has 1 aromatic heterocycles. The highest BCUT2D eigenvalue weighted by atomic mass is 32.2.